The molecule has 0 saturated carbocycles. The molecule has 0 fully saturated rings. The smallest absolute Gasteiger partial charge is 0.250 e. The van der Waals surface area contributed by atoms with E-state index in [1.165, 1.54) is 13.2 Å². The Balaban J connectivity index is 2.44. The Kier molecular flexibility index (Phi) is 4.32. The van der Waals surface area contributed by atoms with Gasteiger partial charge in [-0.3, -0.25) is 4.79 Å². The maximum absolute atomic E-state index is 14.0. The summed E-state index contributed by atoms with van der Waals surface area (Å²) < 4.78 is 19.8. The number of nitrogens with one attached hydrogen (secondary N) is 1. The average Bonchev–Trinajstić information content (AvgIpc) is 2.43. The molecule has 0 aliphatic rings. The van der Waals surface area contributed by atoms with Gasteiger partial charge in [-0.2, -0.15) is 0 Å². The highest BCUT2D eigenvalue weighted by Gasteiger charge is 2.13. The molecule has 0 aliphatic heterocycles. The molecule has 110 valence electrons. The van der Waals surface area contributed by atoms with Gasteiger partial charge >= 0.3 is 0 Å². The highest BCUT2D eigenvalue weighted by atomic mass is 79.9. The first-order valence-corrected chi connectivity index (χ1v) is 6.71. The van der Waals surface area contributed by atoms with Crippen molar-refractivity contribution in [3.63, 3.8) is 0 Å². The van der Waals surface area contributed by atoms with Crippen molar-refractivity contribution >= 4 is 38.9 Å². The van der Waals surface area contributed by atoms with Crippen molar-refractivity contribution in [2.24, 2.45) is 5.73 Å². The number of anilines is 3. The van der Waals surface area contributed by atoms with Crippen molar-refractivity contribution < 1.29 is 13.9 Å². The molecule has 0 saturated heterocycles. The molecule has 7 heteroatoms. The number of rotatable bonds is 4. The number of hydrogen-bond acceptors (Lipinski definition) is 4. The molecule has 0 unspecified atom stereocenters. The van der Waals surface area contributed by atoms with Crippen LogP contribution in [0.1, 0.15) is 10.4 Å². The van der Waals surface area contributed by atoms with E-state index < -0.39 is 11.7 Å². The number of halogens is 2. The Labute approximate surface area is 129 Å². The predicted octanol–water partition coefficient (Wildman–Crippen LogP) is 3.02. The van der Waals surface area contributed by atoms with E-state index in [-0.39, 0.29) is 16.9 Å². The maximum Gasteiger partial charge on any atom is 0.250 e. The molecular formula is C14H13BrFN3O2. The fourth-order valence-corrected chi connectivity index (χ4v) is 2.12. The number of hydrogen-bond donors (Lipinski definition) is 3. The third-order valence-electron chi connectivity index (χ3n) is 2.85. The van der Waals surface area contributed by atoms with Crippen LogP contribution in [-0.2, 0) is 0 Å². The summed E-state index contributed by atoms with van der Waals surface area (Å²) >= 11 is 3.35. The summed E-state index contributed by atoms with van der Waals surface area (Å²) in [6, 6.07) is 7.52. The molecule has 0 heterocycles. The molecule has 21 heavy (non-hydrogen) atoms. The van der Waals surface area contributed by atoms with Gasteiger partial charge in [-0.25, -0.2) is 4.39 Å². The number of benzene rings is 2. The largest absolute Gasteiger partial charge is 0.497 e. The van der Waals surface area contributed by atoms with Crippen LogP contribution in [0.25, 0.3) is 0 Å². The van der Waals surface area contributed by atoms with Crippen molar-refractivity contribution in [2.75, 3.05) is 18.2 Å². The highest BCUT2D eigenvalue weighted by Crippen LogP contribution is 2.32. The van der Waals surface area contributed by atoms with E-state index in [1.807, 2.05) is 0 Å². The van der Waals surface area contributed by atoms with Crippen LogP contribution in [0.2, 0.25) is 0 Å². The summed E-state index contributed by atoms with van der Waals surface area (Å²) in [4.78, 5) is 11.3. The molecule has 2 aromatic carbocycles. The zero-order chi connectivity index (χ0) is 15.6. The number of amides is 1. The van der Waals surface area contributed by atoms with Gasteiger partial charge in [0.15, 0.2) is 0 Å². The summed E-state index contributed by atoms with van der Waals surface area (Å²) in [5.41, 5.74) is 11.5. The molecule has 5 nitrogen and oxygen atoms in total. The zero-order valence-corrected chi connectivity index (χ0v) is 12.7. The van der Waals surface area contributed by atoms with Gasteiger partial charge in [0.2, 0.25) is 0 Å². The Bertz CT molecular complexity index is 707. The van der Waals surface area contributed by atoms with Crippen molar-refractivity contribution in [1.29, 1.82) is 0 Å². The maximum atomic E-state index is 14.0. The minimum absolute atomic E-state index is 0.00439. The summed E-state index contributed by atoms with van der Waals surface area (Å²) in [5.74, 6) is -0.709. The van der Waals surface area contributed by atoms with Crippen LogP contribution < -0.4 is 21.5 Å². The van der Waals surface area contributed by atoms with Crippen LogP contribution in [0.15, 0.2) is 34.8 Å². The van der Waals surface area contributed by atoms with E-state index in [9.17, 15) is 9.18 Å². The Morgan fingerprint density at radius 3 is 2.62 bits per heavy atom. The lowest BCUT2D eigenvalue weighted by atomic mass is 10.1. The van der Waals surface area contributed by atoms with Crippen LogP contribution >= 0.6 is 15.9 Å². The molecule has 0 spiro atoms. The third-order valence-corrected chi connectivity index (χ3v) is 3.54. The van der Waals surface area contributed by atoms with E-state index in [2.05, 4.69) is 21.2 Å². The fourth-order valence-electron chi connectivity index (χ4n) is 1.77. The number of methoxy groups -OCH3 is 1. The minimum Gasteiger partial charge on any atom is -0.497 e. The van der Waals surface area contributed by atoms with Gasteiger partial charge in [0.25, 0.3) is 5.91 Å². The van der Waals surface area contributed by atoms with Gasteiger partial charge < -0.3 is 21.5 Å². The fraction of sp³-hybridized carbons (Fsp3) is 0.0714. The van der Waals surface area contributed by atoms with Crippen LogP contribution in [0.3, 0.4) is 0 Å². The van der Waals surface area contributed by atoms with Gasteiger partial charge in [0.05, 0.1) is 24.0 Å². The summed E-state index contributed by atoms with van der Waals surface area (Å²) in [6.07, 6.45) is 0. The SMILES string of the molecule is COc1ccc(Br)c(Nc2cc(C(N)=O)c(N)cc2F)c1. The van der Waals surface area contributed by atoms with Gasteiger partial charge in [0.1, 0.15) is 11.6 Å². The van der Waals surface area contributed by atoms with E-state index in [0.717, 1.165) is 6.07 Å². The van der Waals surface area contributed by atoms with Gasteiger partial charge in [-0.05, 0) is 40.2 Å². The second-order valence-corrected chi connectivity index (χ2v) is 5.11. The Morgan fingerprint density at radius 2 is 2.00 bits per heavy atom. The number of ether oxygens (including phenoxy) is 1. The van der Waals surface area contributed by atoms with Crippen LogP contribution in [0.5, 0.6) is 5.75 Å². The topological polar surface area (TPSA) is 90.4 Å². The lowest BCUT2D eigenvalue weighted by Gasteiger charge is -2.13. The number of carbonyl (C=O) groups is 1. The van der Waals surface area contributed by atoms with E-state index in [1.54, 1.807) is 18.2 Å². The average molecular weight is 354 g/mol. The molecule has 2 rings (SSSR count). The van der Waals surface area contributed by atoms with Crippen molar-refractivity contribution in [1.82, 2.24) is 0 Å². The number of carbonyl (C=O) groups excluding carboxylic acids is 1. The Hall–Kier alpha value is -2.28. The van der Waals surface area contributed by atoms with E-state index in [4.69, 9.17) is 16.2 Å². The number of nitrogens with two attached hydrogens (primary N) is 2. The quantitative estimate of drug-likeness (QED) is 0.736. The lowest BCUT2D eigenvalue weighted by molar-refractivity contribution is 0.100. The zero-order valence-electron chi connectivity index (χ0n) is 11.1. The standard InChI is InChI=1S/C14H13BrFN3O2/c1-21-7-2-3-9(15)12(4-7)19-13-5-8(14(18)20)11(17)6-10(13)16/h2-6,19H,17H2,1H3,(H2,18,20). The van der Waals surface area contributed by atoms with Crippen LogP contribution in [0.4, 0.5) is 21.5 Å². The first-order chi connectivity index (χ1) is 9.92. The lowest BCUT2D eigenvalue weighted by Crippen LogP contribution is -2.14. The van der Waals surface area contributed by atoms with Crippen molar-refractivity contribution in [3.05, 3.63) is 46.2 Å². The van der Waals surface area contributed by atoms with Crippen LogP contribution in [-0.4, -0.2) is 13.0 Å². The molecule has 0 radical (unpaired) electrons. The monoisotopic (exact) mass is 353 g/mol. The van der Waals surface area contributed by atoms with Gasteiger partial charge in [0, 0.05) is 16.2 Å². The second kappa shape index (κ2) is 6.01. The van der Waals surface area contributed by atoms with Crippen molar-refractivity contribution in [2.45, 2.75) is 0 Å². The summed E-state index contributed by atoms with van der Waals surface area (Å²) in [5, 5.41) is 2.87. The van der Waals surface area contributed by atoms with Gasteiger partial charge in [-0.1, -0.05) is 0 Å². The Morgan fingerprint density at radius 1 is 1.29 bits per heavy atom. The minimum atomic E-state index is -0.722. The highest BCUT2D eigenvalue weighted by molar-refractivity contribution is 9.10. The molecule has 0 bridgehead atoms. The first-order valence-electron chi connectivity index (χ1n) is 5.91. The number of primary amides is 1. The number of nitrogen functional groups attached to an aromatic ring is 1. The summed E-state index contributed by atoms with van der Waals surface area (Å²) in [7, 11) is 1.53. The molecular weight excluding hydrogens is 341 g/mol. The molecule has 2 aromatic rings. The molecule has 1 amide bonds. The van der Waals surface area contributed by atoms with Crippen LogP contribution in [0, 0.1) is 5.82 Å². The molecule has 0 atom stereocenters. The first kappa shape index (κ1) is 15.1. The van der Waals surface area contributed by atoms with E-state index in [0.29, 0.717) is 15.9 Å². The van der Waals surface area contributed by atoms with E-state index >= 15 is 0 Å². The molecule has 0 aromatic heterocycles. The normalized spacial score (nSPS) is 10.2. The predicted molar refractivity (Wildman–Crippen MR) is 83.3 cm³/mol. The molecule has 5 N–H and O–H groups in total. The summed E-state index contributed by atoms with van der Waals surface area (Å²) in [6.45, 7) is 0. The third kappa shape index (κ3) is 3.25. The van der Waals surface area contributed by atoms with Crippen molar-refractivity contribution in [3.8, 4) is 5.75 Å². The molecule has 0 aliphatic carbocycles. The second-order valence-electron chi connectivity index (χ2n) is 4.25. The van der Waals surface area contributed by atoms with Gasteiger partial charge in [-0.15, -0.1) is 0 Å².